The maximum absolute atomic E-state index is 14.9. The zero-order valence-electron chi connectivity index (χ0n) is 23.1. The summed E-state index contributed by atoms with van der Waals surface area (Å²) in [6.07, 6.45) is -4.28. The molecule has 3 N–H and O–H groups in total. The van der Waals surface area contributed by atoms with Crippen LogP contribution < -0.4 is 5.73 Å². The van der Waals surface area contributed by atoms with Gasteiger partial charge in [0.15, 0.2) is 23.9 Å². The molecule has 1 saturated heterocycles. The summed E-state index contributed by atoms with van der Waals surface area (Å²) in [5.74, 6) is -1.15. The lowest BCUT2D eigenvalue weighted by Gasteiger charge is -2.22. The van der Waals surface area contributed by atoms with Gasteiger partial charge in [-0.05, 0) is 41.5 Å². The van der Waals surface area contributed by atoms with Crippen molar-refractivity contribution in [3.63, 3.8) is 0 Å². The highest BCUT2D eigenvalue weighted by Crippen LogP contribution is 2.48. The second-order valence-corrected chi connectivity index (χ2v) is 13.0. The molecule has 1 unspecified atom stereocenters. The summed E-state index contributed by atoms with van der Waals surface area (Å²) < 4.78 is 60.8. The van der Waals surface area contributed by atoms with Crippen molar-refractivity contribution in [2.75, 3.05) is 32.3 Å². The molecule has 4 atom stereocenters. The van der Waals surface area contributed by atoms with Crippen molar-refractivity contribution >= 4 is 36.5 Å². The summed E-state index contributed by atoms with van der Waals surface area (Å²) in [5, 5.41) is 10.5. The molecule has 0 amide bonds. The van der Waals surface area contributed by atoms with Crippen LogP contribution in [0.2, 0.25) is 0 Å². The zero-order valence-corrected chi connectivity index (χ0v) is 24.0. The number of aromatic nitrogens is 4. The molecule has 2 aromatic rings. The SMILES string of the molecule is CC(C)(C)C(=O)OCOP(=O)(COC[C@H]1O[C@@H](n2cnc3c(N)ncnc32)C(O)[C@H]1F)OCOC(=O)C(C)(C)C. The van der Waals surface area contributed by atoms with Crippen LogP contribution in [0.1, 0.15) is 47.8 Å². The summed E-state index contributed by atoms with van der Waals surface area (Å²) >= 11 is 0. The molecule has 3 heterocycles. The topological polar surface area (TPSA) is 196 Å². The highest BCUT2D eigenvalue weighted by atomic mass is 31.2. The lowest BCUT2D eigenvalue weighted by molar-refractivity contribution is -0.162. The Labute approximate surface area is 230 Å². The Morgan fingerprint density at radius 3 is 2.20 bits per heavy atom. The highest BCUT2D eigenvalue weighted by molar-refractivity contribution is 7.53. The summed E-state index contributed by atoms with van der Waals surface area (Å²) in [5.41, 5.74) is 4.56. The number of esters is 2. The number of nitrogens with two attached hydrogens (primary N) is 1. The van der Waals surface area contributed by atoms with Crippen LogP contribution in [0.5, 0.6) is 0 Å². The van der Waals surface area contributed by atoms with Gasteiger partial charge in [-0.2, -0.15) is 0 Å². The van der Waals surface area contributed by atoms with Crippen LogP contribution >= 0.6 is 7.60 Å². The second-order valence-electron chi connectivity index (χ2n) is 11.1. The number of hydrogen-bond acceptors (Lipinski definition) is 14. The summed E-state index contributed by atoms with van der Waals surface area (Å²) in [7, 11) is -4.19. The predicted molar refractivity (Wildman–Crippen MR) is 136 cm³/mol. The number of aliphatic hydroxyl groups is 1. The quantitative estimate of drug-likeness (QED) is 0.219. The number of ether oxygens (including phenoxy) is 4. The van der Waals surface area contributed by atoms with E-state index in [-0.39, 0.29) is 17.0 Å². The van der Waals surface area contributed by atoms with Gasteiger partial charge in [-0.1, -0.05) is 0 Å². The van der Waals surface area contributed by atoms with Crippen LogP contribution in [0.4, 0.5) is 10.2 Å². The molecule has 17 heteroatoms. The summed E-state index contributed by atoms with van der Waals surface area (Å²) in [6.45, 7) is 7.74. The van der Waals surface area contributed by atoms with Crippen molar-refractivity contribution in [2.24, 2.45) is 10.8 Å². The molecule has 15 nitrogen and oxygen atoms in total. The van der Waals surface area contributed by atoms with Crippen LogP contribution in [0.3, 0.4) is 0 Å². The number of aliphatic hydroxyl groups excluding tert-OH is 1. The Balaban J connectivity index is 1.62. The van der Waals surface area contributed by atoms with Gasteiger partial charge in [-0.3, -0.25) is 27.8 Å². The number of anilines is 1. The van der Waals surface area contributed by atoms with E-state index in [0.717, 1.165) is 0 Å². The lowest BCUT2D eigenvalue weighted by Crippen LogP contribution is -2.30. The Morgan fingerprint density at radius 1 is 1.07 bits per heavy atom. The van der Waals surface area contributed by atoms with Crippen molar-refractivity contribution in [3.8, 4) is 0 Å². The molecule has 0 aliphatic carbocycles. The largest absolute Gasteiger partial charge is 0.438 e. The molecule has 1 aliphatic rings. The molecule has 0 saturated carbocycles. The van der Waals surface area contributed by atoms with Crippen LogP contribution in [0.25, 0.3) is 11.2 Å². The third-order valence-corrected chi connectivity index (χ3v) is 7.08. The number of imidazole rings is 1. The van der Waals surface area contributed by atoms with Gasteiger partial charge in [0.25, 0.3) is 0 Å². The molecule has 2 aromatic heterocycles. The van der Waals surface area contributed by atoms with Crippen molar-refractivity contribution in [3.05, 3.63) is 12.7 Å². The standard InChI is InChI=1S/C23H35FN5O10P/c1-22(2,3)20(31)35-10-37-40(33,38-11-36-21(32)23(4,5)6)12-34-7-13-14(24)16(30)19(39-13)29-9-28-15-17(25)26-8-27-18(15)29/h8-9,13-14,16,19,30H,7,10-12H2,1-6H3,(H2,25,26,27)/t13-,14+,16?,19-/m1/s1. The Morgan fingerprint density at radius 2 is 1.65 bits per heavy atom. The third kappa shape index (κ3) is 7.71. The molecule has 224 valence electrons. The van der Waals surface area contributed by atoms with Gasteiger partial charge in [0.2, 0.25) is 13.6 Å². The molecule has 3 rings (SSSR count). The maximum Gasteiger partial charge on any atom is 0.361 e. The fourth-order valence-electron chi connectivity index (χ4n) is 3.28. The number of halogens is 1. The average Bonchev–Trinajstić information content (AvgIpc) is 3.40. The lowest BCUT2D eigenvalue weighted by atomic mass is 9.98. The minimum atomic E-state index is -4.19. The highest BCUT2D eigenvalue weighted by Gasteiger charge is 2.46. The number of carbonyl (C=O) groups excluding carboxylic acids is 2. The monoisotopic (exact) mass is 591 g/mol. The molecule has 1 aliphatic heterocycles. The van der Waals surface area contributed by atoms with Crippen molar-refractivity contribution in [2.45, 2.75) is 66.1 Å². The maximum atomic E-state index is 14.9. The Hall–Kier alpha value is -2.75. The minimum absolute atomic E-state index is 0.102. The van der Waals surface area contributed by atoms with Crippen molar-refractivity contribution in [1.82, 2.24) is 19.5 Å². The van der Waals surface area contributed by atoms with E-state index in [1.807, 2.05) is 0 Å². The van der Waals surface area contributed by atoms with Gasteiger partial charge in [0, 0.05) is 0 Å². The number of carbonyl (C=O) groups is 2. The normalized spacial score (nSPS) is 22.0. The van der Waals surface area contributed by atoms with Crippen LogP contribution in [0, 0.1) is 10.8 Å². The minimum Gasteiger partial charge on any atom is -0.438 e. The number of nitrogen functional groups attached to an aromatic ring is 1. The van der Waals surface area contributed by atoms with Crippen molar-refractivity contribution < 1.29 is 51.6 Å². The number of fused-ring (bicyclic) bond motifs is 1. The first kappa shape index (κ1) is 31.8. The smallest absolute Gasteiger partial charge is 0.361 e. The predicted octanol–water partition coefficient (Wildman–Crippen LogP) is 2.30. The first-order valence-electron chi connectivity index (χ1n) is 12.2. The van der Waals surface area contributed by atoms with Gasteiger partial charge >= 0.3 is 19.5 Å². The van der Waals surface area contributed by atoms with Crippen LogP contribution in [-0.2, 0) is 42.1 Å². The first-order chi connectivity index (χ1) is 18.5. The fourth-order valence-corrected chi connectivity index (χ4v) is 4.25. The number of nitrogens with zero attached hydrogens (tertiary/aromatic N) is 4. The van der Waals surface area contributed by atoms with Crippen LogP contribution in [0.15, 0.2) is 12.7 Å². The van der Waals surface area contributed by atoms with E-state index in [9.17, 15) is 23.7 Å². The Kier molecular flexibility index (Phi) is 9.86. The first-order valence-corrected chi connectivity index (χ1v) is 14.0. The van der Waals surface area contributed by atoms with E-state index >= 15 is 0 Å². The van der Waals surface area contributed by atoms with E-state index < -0.39 is 81.5 Å². The molecule has 40 heavy (non-hydrogen) atoms. The van der Waals surface area contributed by atoms with Gasteiger partial charge in [0.1, 0.15) is 30.4 Å². The van der Waals surface area contributed by atoms with Crippen LogP contribution in [-0.4, -0.2) is 81.5 Å². The summed E-state index contributed by atoms with van der Waals surface area (Å²) in [6, 6.07) is 0. The molecule has 1 fully saturated rings. The van der Waals surface area contributed by atoms with E-state index in [1.165, 1.54) is 17.2 Å². The number of alkyl halides is 1. The number of rotatable bonds is 11. The van der Waals surface area contributed by atoms with Gasteiger partial charge in [0.05, 0.1) is 23.8 Å². The van der Waals surface area contributed by atoms with Gasteiger partial charge in [-0.25, -0.2) is 19.3 Å². The Bertz CT molecular complexity index is 1210. The second kappa shape index (κ2) is 12.4. The summed E-state index contributed by atoms with van der Waals surface area (Å²) in [4.78, 5) is 36.0. The number of hydrogen-bond donors (Lipinski definition) is 2. The fraction of sp³-hybridized carbons (Fsp3) is 0.696. The molecule has 0 bridgehead atoms. The van der Waals surface area contributed by atoms with E-state index in [1.54, 1.807) is 41.5 Å². The average molecular weight is 592 g/mol. The molecular weight excluding hydrogens is 556 g/mol. The van der Waals surface area contributed by atoms with E-state index in [4.69, 9.17) is 33.7 Å². The molecule has 0 spiro atoms. The zero-order chi connectivity index (χ0) is 29.9. The molecule has 0 radical (unpaired) electrons. The van der Waals surface area contributed by atoms with E-state index in [0.29, 0.717) is 0 Å². The molecular formula is C23H35FN5O10P. The molecule has 0 aromatic carbocycles. The van der Waals surface area contributed by atoms with E-state index in [2.05, 4.69) is 15.0 Å². The van der Waals surface area contributed by atoms with Gasteiger partial charge < -0.3 is 29.8 Å². The van der Waals surface area contributed by atoms with Gasteiger partial charge in [-0.15, -0.1) is 0 Å². The third-order valence-electron chi connectivity index (χ3n) is 5.58. The van der Waals surface area contributed by atoms with Crippen molar-refractivity contribution in [1.29, 1.82) is 0 Å².